The van der Waals surface area contributed by atoms with Gasteiger partial charge in [0.05, 0.1) is 12.0 Å². The number of alkyl halides is 3. The molecule has 0 heterocycles. The maximum atomic E-state index is 12.9. The van der Waals surface area contributed by atoms with Gasteiger partial charge >= 0.3 is 12.1 Å². The van der Waals surface area contributed by atoms with Crippen LogP contribution in [0.4, 0.5) is 13.2 Å². The molecule has 2 rings (SSSR count). The highest BCUT2D eigenvalue weighted by molar-refractivity contribution is 5.79. The van der Waals surface area contributed by atoms with Crippen molar-refractivity contribution in [3.8, 4) is 5.75 Å². The Labute approximate surface area is 153 Å². The summed E-state index contributed by atoms with van der Waals surface area (Å²) in [4.78, 5) is 22.4. The van der Waals surface area contributed by atoms with E-state index in [1.807, 2.05) is 0 Å². The molecule has 0 fully saturated rings. The molecule has 0 aliphatic carbocycles. The Kier molecular flexibility index (Phi) is 6.81. The summed E-state index contributed by atoms with van der Waals surface area (Å²) < 4.78 is 43.8. The average Bonchev–Trinajstić information content (AvgIpc) is 2.60. The Bertz CT molecular complexity index is 788. The van der Waals surface area contributed by atoms with Crippen LogP contribution in [0.2, 0.25) is 0 Å². The predicted molar refractivity (Wildman–Crippen MR) is 91.4 cm³/mol. The van der Waals surface area contributed by atoms with Crippen molar-refractivity contribution >= 4 is 11.9 Å². The molecule has 27 heavy (non-hydrogen) atoms. The first-order chi connectivity index (χ1) is 12.8. The molecule has 0 saturated carbocycles. The summed E-state index contributed by atoms with van der Waals surface area (Å²) in [7, 11) is 0. The van der Waals surface area contributed by atoms with E-state index in [-0.39, 0.29) is 18.5 Å². The Balaban J connectivity index is 1.82. The molecule has 0 radical (unpaired) electrons. The summed E-state index contributed by atoms with van der Waals surface area (Å²) in [5, 5.41) is 11.1. The van der Waals surface area contributed by atoms with Crippen LogP contribution in [0.5, 0.6) is 5.75 Å². The van der Waals surface area contributed by atoms with E-state index >= 15 is 0 Å². The summed E-state index contributed by atoms with van der Waals surface area (Å²) in [5.74, 6) is -1.16. The number of carboxylic acid groups (broad SMARTS) is 1. The van der Waals surface area contributed by atoms with Crippen LogP contribution in [0, 0.1) is 0 Å². The molecule has 2 aromatic carbocycles. The summed E-state index contributed by atoms with van der Waals surface area (Å²) in [5.41, 5.74) is -0.00630. The molecule has 0 bridgehead atoms. The molecule has 2 N–H and O–H groups in total. The third-order valence-electron chi connectivity index (χ3n) is 3.70. The standard InChI is InChI=1S/C19H18F3NO4/c20-19(21,22)16-4-2-1-3-14(16)11-17(24)23-10-9-13-5-7-15(8-6-13)27-12-18(25)26/h1-8H,9-12H2,(H,23,24)(H,25,26). The molecule has 0 aromatic heterocycles. The summed E-state index contributed by atoms with van der Waals surface area (Å²) in [6, 6.07) is 11.7. The highest BCUT2D eigenvalue weighted by atomic mass is 19.4. The molecule has 0 unspecified atom stereocenters. The number of amides is 1. The molecule has 0 saturated heterocycles. The number of rotatable bonds is 8. The summed E-state index contributed by atoms with van der Waals surface area (Å²) in [6.45, 7) is -0.169. The monoisotopic (exact) mass is 381 g/mol. The zero-order valence-corrected chi connectivity index (χ0v) is 14.3. The van der Waals surface area contributed by atoms with Gasteiger partial charge < -0.3 is 15.2 Å². The van der Waals surface area contributed by atoms with Crippen LogP contribution in [0.3, 0.4) is 0 Å². The van der Waals surface area contributed by atoms with Gasteiger partial charge in [0.15, 0.2) is 6.61 Å². The number of nitrogens with one attached hydrogen (secondary N) is 1. The van der Waals surface area contributed by atoms with Gasteiger partial charge in [0.25, 0.3) is 0 Å². The van der Waals surface area contributed by atoms with Gasteiger partial charge in [-0.15, -0.1) is 0 Å². The first-order valence-electron chi connectivity index (χ1n) is 8.11. The van der Waals surface area contributed by atoms with E-state index in [2.05, 4.69) is 5.32 Å². The maximum absolute atomic E-state index is 12.9. The fraction of sp³-hybridized carbons (Fsp3) is 0.263. The predicted octanol–water partition coefficient (Wildman–Crippen LogP) is 3.07. The third-order valence-corrected chi connectivity index (χ3v) is 3.70. The van der Waals surface area contributed by atoms with Crippen LogP contribution in [0.15, 0.2) is 48.5 Å². The van der Waals surface area contributed by atoms with Gasteiger partial charge in [-0.1, -0.05) is 30.3 Å². The van der Waals surface area contributed by atoms with E-state index in [4.69, 9.17) is 9.84 Å². The van der Waals surface area contributed by atoms with Crippen molar-refractivity contribution in [2.45, 2.75) is 19.0 Å². The molecule has 2 aromatic rings. The van der Waals surface area contributed by atoms with E-state index in [1.54, 1.807) is 24.3 Å². The molecule has 0 aliphatic rings. The molecule has 8 heteroatoms. The van der Waals surface area contributed by atoms with Crippen LogP contribution in [-0.2, 0) is 28.6 Å². The van der Waals surface area contributed by atoms with Crippen LogP contribution in [0.1, 0.15) is 16.7 Å². The molecule has 0 atom stereocenters. The molecule has 144 valence electrons. The molecule has 0 aliphatic heterocycles. The lowest BCUT2D eigenvalue weighted by atomic mass is 10.0. The van der Waals surface area contributed by atoms with Gasteiger partial charge in [-0.2, -0.15) is 13.2 Å². The number of aliphatic carboxylic acids is 1. The lowest BCUT2D eigenvalue weighted by Gasteiger charge is -2.12. The van der Waals surface area contributed by atoms with E-state index in [0.717, 1.165) is 11.6 Å². The van der Waals surface area contributed by atoms with Crippen molar-refractivity contribution < 1.29 is 32.6 Å². The summed E-state index contributed by atoms with van der Waals surface area (Å²) >= 11 is 0. The Morgan fingerprint density at radius 1 is 1.04 bits per heavy atom. The van der Waals surface area contributed by atoms with Crippen molar-refractivity contribution in [1.82, 2.24) is 5.32 Å². The molecular weight excluding hydrogens is 363 g/mol. The van der Waals surface area contributed by atoms with Crippen LogP contribution in [0.25, 0.3) is 0 Å². The van der Waals surface area contributed by atoms with Crippen molar-refractivity contribution in [2.24, 2.45) is 0 Å². The van der Waals surface area contributed by atoms with Crippen molar-refractivity contribution in [3.63, 3.8) is 0 Å². The lowest BCUT2D eigenvalue weighted by Crippen LogP contribution is -2.28. The number of ether oxygens (including phenoxy) is 1. The third kappa shape index (κ3) is 6.65. The number of hydrogen-bond acceptors (Lipinski definition) is 3. The largest absolute Gasteiger partial charge is 0.482 e. The number of carbonyl (C=O) groups excluding carboxylic acids is 1. The van der Waals surface area contributed by atoms with Crippen molar-refractivity contribution in [3.05, 3.63) is 65.2 Å². The minimum atomic E-state index is -4.50. The molecule has 5 nitrogen and oxygen atoms in total. The SMILES string of the molecule is O=C(O)COc1ccc(CCNC(=O)Cc2ccccc2C(F)(F)F)cc1. The lowest BCUT2D eigenvalue weighted by molar-refractivity contribution is -0.139. The van der Waals surface area contributed by atoms with Gasteiger partial charge in [-0.05, 0) is 35.7 Å². The number of carbonyl (C=O) groups is 2. The van der Waals surface area contributed by atoms with Crippen molar-refractivity contribution in [1.29, 1.82) is 0 Å². The van der Waals surface area contributed by atoms with Gasteiger partial charge in [0, 0.05) is 6.54 Å². The zero-order chi connectivity index (χ0) is 19.9. The fourth-order valence-corrected chi connectivity index (χ4v) is 2.43. The molecule has 0 spiro atoms. The van der Waals surface area contributed by atoms with E-state index < -0.39 is 30.2 Å². The van der Waals surface area contributed by atoms with Gasteiger partial charge in [0.2, 0.25) is 5.91 Å². The van der Waals surface area contributed by atoms with E-state index in [9.17, 15) is 22.8 Å². The fourth-order valence-electron chi connectivity index (χ4n) is 2.43. The minimum absolute atomic E-state index is 0.0672. The minimum Gasteiger partial charge on any atom is -0.482 e. The smallest absolute Gasteiger partial charge is 0.416 e. The zero-order valence-electron chi connectivity index (χ0n) is 14.3. The molecule has 1 amide bonds. The first kappa shape index (κ1) is 20.3. The normalized spacial score (nSPS) is 11.1. The van der Waals surface area contributed by atoms with Crippen LogP contribution >= 0.6 is 0 Å². The Hall–Kier alpha value is -3.03. The van der Waals surface area contributed by atoms with Crippen molar-refractivity contribution in [2.75, 3.05) is 13.2 Å². The van der Waals surface area contributed by atoms with Gasteiger partial charge in [-0.25, -0.2) is 4.79 Å². The number of carboxylic acids is 1. The number of hydrogen-bond donors (Lipinski definition) is 2. The highest BCUT2D eigenvalue weighted by Gasteiger charge is 2.33. The van der Waals surface area contributed by atoms with Crippen LogP contribution < -0.4 is 10.1 Å². The Morgan fingerprint density at radius 3 is 2.33 bits per heavy atom. The highest BCUT2D eigenvalue weighted by Crippen LogP contribution is 2.31. The maximum Gasteiger partial charge on any atom is 0.416 e. The average molecular weight is 381 g/mol. The second kappa shape index (κ2) is 9.07. The topological polar surface area (TPSA) is 75.6 Å². The first-order valence-corrected chi connectivity index (χ1v) is 8.11. The summed E-state index contributed by atoms with van der Waals surface area (Å²) in [6.07, 6.45) is -4.37. The quantitative estimate of drug-likeness (QED) is 0.737. The van der Waals surface area contributed by atoms with Crippen LogP contribution in [-0.4, -0.2) is 30.1 Å². The number of halogens is 3. The van der Waals surface area contributed by atoms with Gasteiger partial charge in [-0.3, -0.25) is 4.79 Å². The Morgan fingerprint density at radius 2 is 1.70 bits per heavy atom. The van der Waals surface area contributed by atoms with Gasteiger partial charge in [0.1, 0.15) is 5.75 Å². The molecular formula is C19H18F3NO4. The second-order valence-corrected chi connectivity index (χ2v) is 5.76. The second-order valence-electron chi connectivity index (χ2n) is 5.76. The van der Waals surface area contributed by atoms with E-state index in [0.29, 0.717) is 12.2 Å². The number of benzene rings is 2. The van der Waals surface area contributed by atoms with E-state index in [1.165, 1.54) is 18.2 Å².